The Morgan fingerprint density at radius 1 is 1.14 bits per heavy atom. The van der Waals surface area contributed by atoms with Gasteiger partial charge in [0.2, 0.25) is 0 Å². The van der Waals surface area contributed by atoms with Crippen LogP contribution >= 0.6 is 15.9 Å². The highest BCUT2D eigenvalue weighted by Crippen LogP contribution is 2.17. The first-order valence-electron chi connectivity index (χ1n) is 6.59. The second-order valence-electron chi connectivity index (χ2n) is 4.45. The van der Waals surface area contributed by atoms with Crippen LogP contribution in [-0.2, 0) is 4.79 Å². The van der Waals surface area contributed by atoms with Crippen LogP contribution in [-0.4, -0.2) is 25.5 Å². The zero-order valence-corrected chi connectivity index (χ0v) is 13.5. The molecule has 0 saturated heterocycles. The first-order chi connectivity index (χ1) is 10.6. The van der Waals surface area contributed by atoms with E-state index in [0.29, 0.717) is 17.0 Å². The second kappa shape index (κ2) is 7.61. The van der Waals surface area contributed by atoms with Crippen molar-refractivity contribution >= 4 is 33.4 Å². The second-order valence-corrected chi connectivity index (χ2v) is 5.37. The van der Waals surface area contributed by atoms with Gasteiger partial charge in [0.15, 0.2) is 6.61 Å². The van der Waals surface area contributed by atoms with Crippen LogP contribution in [0.4, 0.5) is 5.69 Å². The summed E-state index contributed by atoms with van der Waals surface area (Å²) in [7, 11) is 1.57. The molecule has 0 spiro atoms. The van der Waals surface area contributed by atoms with Crippen molar-refractivity contribution in [3.63, 3.8) is 0 Å². The van der Waals surface area contributed by atoms with Gasteiger partial charge in [0.25, 0.3) is 11.8 Å². The average molecular weight is 363 g/mol. The largest absolute Gasteiger partial charge is 0.484 e. The molecule has 0 aliphatic rings. The topological polar surface area (TPSA) is 67.4 Å². The van der Waals surface area contributed by atoms with Crippen molar-refractivity contribution < 1.29 is 14.3 Å². The van der Waals surface area contributed by atoms with E-state index in [1.807, 2.05) is 12.1 Å². The van der Waals surface area contributed by atoms with Crippen LogP contribution < -0.4 is 15.4 Å². The van der Waals surface area contributed by atoms with Crippen LogP contribution in [0, 0.1) is 0 Å². The Bertz CT molecular complexity index is 671. The molecule has 0 bridgehead atoms. The standard InChI is InChI=1S/C16H15BrN2O3/c1-18-16(21)11-5-7-13(8-6-11)19-15(20)10-22-14-4-2-3-12(17)9-14/h2-9H,10H2,1H3,(H,18,21)(H,19,20). The van der Waals surface area contributed by atoms with Gasteiger partial charge < -0.3 is 15.4 Å². The van der Waals surface area contributed by atoms with Crippen LogP contribution in [0.2, 0.25) is 0 Å². The molecule has 0 aliphatic heterocycles. The normalized spacial score (nSPS) is 9.91. The molecule has 0 aliphatic carbocycles. The number of ether oxygens (including phenoxy) is 1. The van der Waals surface area contributed by atoms with E-state index in [1.54, 1.807) is 43.4 Å². The van der Waals surface area contributed by atoms with Gasteiger partial charge in [-0.15, -0.1) is 0 Å². The van der Waals surface area contributed by atoms with Crippen molar-refractivity contribution in [3.8, 4) is 5.75 Å². The number of hydrogen-bond acceptors (Lipinski definition) is 3. The lowest BCUT2D eigenvalue weighted by atomic mass is 10.2. The summed E-state index contributed by atoms with van der Waals surface area (Å²) >= 11 is 3.33. The SMILES string of the molecule is CNC(=O)c1ccc(NC(=O)COc2cccc(Br)c2)cc1. The van der Waals surface area contributed by atoms with E-state index in [-0.39, 0.29) is 18.4 Å². The summed E-state index contributed by atoms with van der Waals surface area (Å²) in [5.41, 5.74) is 1.14. The zero-order chi connectivity index (χ0) is 15.9. The van der Waals surface area contributed by atoms with E-state index < -0.39 is 0 Å². The lowest BCUT2D eigenvalue weighted by molar-refractivity contribution is -0.118. The number of benzene rings is 2. The molecule has 22 heavy (non-hydrogen) atoms. The average Bonchev–Trinajstić information content (AvgIpc) is 2.53. The fourth-order valence-electron chi connectivity index (χ4n) is 1.75. The van der Waals surface area contributed by atoms with Gasteiger partial charge in [-0.1, -0.05) is 22.0 Å². The Hall–Kier alpha value is -2.34. The number of carbonyl (C=O) groups excluding carboxylic acids is 2. The van der Waals surface area contributed by atoms with Crippen molar-refractivity contribution in [2.45, 2.75) is 0 Å². The minimum Gasteiger partial charge on any atom is -0.484 e. The molecule has 114 valence electrons. The van der Waals surface area contributed by atoms with Crippen LogP contribution in [0.3, 0.4) is 0 Å². The third-order valence-electron chi connectivity index (χ3n) is 2.82. The van der Waals surface area contributed by atoms with Crippen molar-refractivity contribution in [3.05, 3.63) is 58.6 Å². The summed E-state index contributed by atoms with van der Waals surface area (Å²) in [6, 6.07) is 13.9. The van der Waals surface area contributed by atoms with Gasteiger partial charge in [-0.2, -0.15) is 0 Å². The molecule has 2 amide bonds. The van der Waals surface area contributed by atoms with Gasteiger partial charge >= 0.3 is 0 Å². The Morgan fingerprint density at radius 3 is 2.50 bits per heavy atom. The monoisotopic (exact) mass is 362 g/mol. The summed E-state index contributed by atoms with van der Waals surface area (Å²) in [5, 5.41) is 5.24. The fourth-order valence-corrected chi connectivity index (χ4v) is 2.13. The molecule has 5 nitrogen and oxygen atoms in total. The van der Waals surface area contributed by atoms with Crippen LogP contribution in [0.1, 0.15) is 10.4 Å². The van der Waals surface area contributed by atoms with Crippen molar-refractivity contribution in [1.29, 1.82) is 0 Å². The smallest absolute Gasteiger partial charge is 0.262 e. The molecule has 2 aromatic carbocycles. The number of hydrogen-bond donors (Lipinski definition) is 2. The summed E-state index contributed by atoms with van der Waals surface area (Å²) in [5.74, 6) is 0.169. The molecular weight excluding hydrogens is 348 g/mol. The number of amides is 2. The highest BCUT2D eigenvalue weighted by atomic mass is 79.9. The van der Waals surface area contributed by atoms with Crippen LogP contribution in [0.5, 0.6) is 5.75 Å². The third kappa shape index (κ3) is 4.60. The molecule has 0 unspecified atom stereocenters. The number of halogens is 1. The summed E-state index contributed by atoms with van der Waals surface area (Å²) in [6.07, 6.45) is 0. The van der Waals surface area contributed by atoms with Gasteiger partial charge in [0, 0.05) is 22.8 Å². The number of carbonyl (C=O) groups is 2. The minimum atomic E-state index is -0.271. The third-order valence-corrected chi connectivity index (χ3v) is 3.32. The first kappa shape index (κ1) is 16.0. The van der Waals surface area contributed by atoms with E-state index >= 15 is 0 Å². The quantitative estimate of drug-likeness (QED) is 0.859. The Labute approximate surface area is 136 Å². The number of anilines is 1. The molecule has 0 aromatic heterocycles. The Morgan fingerprint density at radius 2 is 1.86 bits per heavy atom. The molecule has 2 aromatic rings. The van der Waals surface area contributed by atoms with Crippen molar-refractivity contribution in [1.82, 2.24) is 5.32 Å². The molecule has 6 heteroatoms. The molecule has 2 N–H and O–H groups in total. The Kier molecular flexibility index (Phi) is 5.55. The molecular formula is C16H15BrN2O3. The zero-order valence-electron chi connectivity index (χ0n) is 11.9. The maximum absolute atomic E-state index is 11.8. The lowest BCUT2D eigenvalue weighted by Gasteiger charge is -2.08. The molecule has 0 atom stereocenters. The predicted octanol–water partition coefficient (Wildman–Crippen LogP) is 2.83. The summed E-state index contributed by atoms with van der Waals surface area (Å²) in [6.45, 7) is -0.0896. The minimum absolute atomic E-state index is 0.0896. The maximum Gasteiger partial charge on any atom is 0.262 e. The van der Waals surface area contributed by atoms with Crippen molar-refractivity contribution in [2.24, 2.45) is 0 Å². The van der Waals surface area contributed by atoms with E-state index in [0.717, 1.165) is 4.47 Å². The van der Waals surface area contributed by atoms with E-state index in [2.05, 4.69) is 26.6 Å². The van der Waals surface area contributed by atoms with Gasteiger partial charge in [0.1, 0.15) is 5.75 Å². The van der Waals surface area contributed by atoms with Crippen molar-refractivity contribution in [2.75, 3.05) is 19.0 Å². The van der Waals surface area contributed by atoms with E-state index in [9.17, 15) is 9.59 Å². The molecule has 0 saturated carbocycles. The number of rotatable bonds is 5. The van der Waals surface area contributed by atoms with E-state index in [4.69, 9.17) is 4.74 Å². The summed E-state index contributed by atoms with van der Waals surface area (Å²) in [4.78, 5) is 23.2. The van der Waals surface area contributed by atoms with Crippen LogP contribution in [0.25, 0.3) is 0 Å². The molecule has 0 radical (unpaired) electrons. The predicted molar refractivity (Wildman–Crippen MR) is 88.1 cm³/mol. The Balaban J connectivity index is 1.88. The van der Waals surface area contributed by atoms with Gasteiger partial charge in [0.05, 0.1) is 0 Å². The maximum atomic E-state index is 11.8. The number of nitrogens with one attached hydrogen (secondary N) is 2. The highest BCUT2D eigenvalue weighted by molar-refractivity contribution is 9.10. The lowest BCUT2D eigenvalue weighted by Crippen LogP contribution is -2.20. The molecule has 2 rings (SSSR count). The van der Waals surface area contributed by atoms with Gasteiger partial charge in [-0.3, -0.25) is 9.59 Å². The summed E-state index contributed by atoms with van der Waals surface area (Å²) < 4.78 is 6.28. The van der Waals surface area contributed by atoms with Gasteiger partial charge in [-0.05, 0) is 42.5 Å². The first-order valence-corrected chi connectivity index (χ1v) is 7.38. The molecule has 0 fully saturated rings. The molecule has 0 heterocycles. The van der Waals surface area contributed by atoms with E-state index in [1.165, 1.54) is 0 Å². The highest BCUT2D eigenvalue weighted by Gasteiger charge is 2.06. The van der Waals surface area contributed by atoms with Crippen LogP contribution in [0.15, 0.2) is 53.0 Å². The van der Waals surface area contributed by atoms with Gasteiger partial charge in [-0.25, -0.2) is 0 Å². The fraction of sp³-hybridized carbons (Fsp3) is 0.125.